The van der Waals surface area contributed by atoms with Crippen molar-refractivity contribution in [1.82, 2.24) is 5.32 Å². The predicted octanol–water partition coefficient (Wildman–Crippen LogP) is 3.52. The van der Waals surface area contributed by atoms with Crippen molar-refractivity contribution < 1.29 is 22.3 Å². The molecule has 0 aliphatic heterocycles. The van der Waals surface area contributed by atoms with Crippen LogP contribution in [-0.4, -0.2) is 39.8 Å². The van der Waals surface area contributed by atoms with Gasteiger partial charge in [-0.3, -0.25) is 9.10 Å². The van der Waals surface area contributed by atoms with Gasteiger partial charge in [0.25, 0.3) is 0 Å². The van der Waals surface area contributed by atoms with Crippen molar-refractivity contribution in [2.45, 2.75) is 39.2 Å². The number of hydrogen-bond donors (Lipinski definition) is 1. The molecule has 30 heavy (non-hydrogen) atoms. The number of benzene rings is 2. The molecule has 8 heteroatoms. The molecule has 0 bridgehead atoms. The van der Waals surface area contributed by atoms with Gasteiger partial charge in [0.1, 0.15) is 17.6 Å². The minimum absolute atomic E-state index is 0.128. The zero-order chi connectivity index (χ0) is 22.1. The van der Waals surface area contributed by atoms with Gasteiger partial charge in [0, 0.05) is 6.54 Å². The first kappa shape index (κ1) is 23.7. The van der Waals surface area contributed by atoms with Gasteiger partial charge in [-0.05, 0) is 56.0 Å². The number of nitrogens with one attached hydrogen (secondary N) is 1. The Morgan fingerprint density at radius 3 is 2.37 bits per heavy atom. The SMILES string of the molecule is CCOc1ccc(CCCNC(=O)[C@H](CC)N(c2ccccc2F)S(C)(=O)=O)cc1. The molecule has 0 heterocycles. The summed E-state index contributed by atoms with van der Waals surface area (Å²) in [5.74, 6) is -0.322. The van der Waals surface area contributed by atoms with Gasteiger partial charge in [-0.25, -0.2) is 12.8 Å². The van der Waals surface area contributed by atoms with E-state index in [1.807, 2.05) is 31.2 Å². The van der Waals surface area contributed by atoms with Crippen LogP contribution in [0, 0.1) is 5.82 Å². The molecule has 1 N–H and O–H groups in total. The quantitative estimate of drug-likeness (QED) is 0.547. The van der Waals surface area contributed by atoms with Crippen molar-refractivity contribution in [1.29, 1.82) is 0 Å². The number of aryl methyl sites for hydroxylation is 1. The van der Waals surface area contributed by atoms with Crippen LogP contribution in [-0.2, 0) is 21.2 Å². The molecule has 6 nitrogen and oxygen atoms in total. The molecule has 2 rings (SSSR count). The van der Waals surface area contributed by atoms with Crippen molar-refractivity contribution in [3.63, 3.8) is 0 Å². The fourth-order valence-corrected chi connectivity index (χ4v) is 4.42. The maximum absolute atomic E-state index is 14.3. The predicted molar refractivity (Wildman–Crippen MR) is 117 cm³/mol. The van der Waals surface area contributed by atoms with Gasteiger partial charge >= 0.3 is 0 Å². The van der Waals surface area contributed by atoms with E-state index in [-0.39, 0.29) is 12.1 Å². The lowest BCUT2D eigenvalue weighted by Gasteiger charge is -2.30. The van der Waals surface area contributed by atoms with Crippen LogP contribution < -0.4 is 14.4 Å². The summed E-state index contributed by atoms with van der Waals surface area (Å²) < 4.78 is 45.2. The highest BCUT2D eigenvalue weighted by atomic mass is 32.2. The molecule has 2 aromatic carbocycles. The first-order chi connectivity index (χ1) is 14.3. The average Bonchev–Trinajstić information content (AvgIpc) is 2.70. The number of carbonyl (C=O) groups excluding carboxylic acids is 1. The first-order valence-electron chi connectivity index (χ1n) is 10.0. The van der Waals surface area contributed by atoms with Crippen molar-refractivity contribution in [3.05, 3.63) is 59.9 Å². The lowest BCUT2D eigenvalue weighted by atomic mass is 10.1. The summed E-state index contributed by atoms with van der Waals surface area (Å²) in [6, 6.07) is 12.3. The number of sulfonamides is 1. The Labute approximate surface area is 178 Å². The summed E-state index contributed by atoms with van der Waals surface area (Å²) in [5.41, 5.74) is 0.986. The number of rotatable bonds is 11. The average molecular weight is 437 g/mol. The lowest BCUT2D eigenvalue weighted by Crippen LogP contribution is -2.49. The van der Waals surface area contributed by atoms with Gasteiger partial charge in [0.15, 0.2) is 0 Å². The Morgan fingerprint density at radius 1 is 1.13 bits per heavy atom. The van der Waals surface area contributed by atoms with E-state index in [9.17, 15) is 17.6 Å². The Morgan fingerprint density at radius 2 is 1.80 bits per heavy atom. The smallest absolute Gasteiger partial charge is 0.243 e. The Kier molecular flexibility index (Phi) is 8.65. The molecule has 0 radical (unpaired) electrons. The summed E-state index contributed by atoms with van der Waals surface area (Å²) in [6.07, 6.45) is 2.63. The number of para-hydroxylation sites is 1. The van der Waals surface area contributed by atoms with E-state index in [0.717, 1.165) is 28.3 Å². The van der Waals surface area contributed by atoms with Crippen LogP contribution in [0.2, 0.25) is 0 Å². The topological polar surface area (TPSA) is 75.7 Å². The van der Waals surface area contributed by atoms with E-state index >= 15 is 0 Å². The lowest BCUT2D eigenvalue weighted by molar-refractivity contribution is -0.122. The standard InChI is InChI=1S/C22H29FN2O4S/c1-4-20(25(30(3,27)28)21-11-7-6-10-19(21)23)22(26)24-16-8-9-17-12-14-18(15-13-17)29-5-2/h6-7,10-15,20H,4-5,8-9,16H2,1-3H3,(H,24,26)/t20-/m0/s1. The van der Waals surface area contributed by atoms with E-state index in [1.165, 1.54) is 24.3 Å². The number of anilines is 1. The van der Waals surface area contributed by atoms with Crippen LogP contribution in [0.5, 0.6) is 5.75 Å². The van der Waals surface area contributed by atoms with Crippen molar-refractivity contribution >= 4 is 21.6 Å². The van der Waals surface area contributed by atoms with Gasteiger partial charge in [-0.2, -0.15) is 0 Å². The largest absolute Gasteiger partial charge is 0.494 e. The number of nitrogens with zero attached hydrogens (tertiary/aromatic N) is 1. The van der Waals surface area contributed by atoms with E-state index in [2.05, 4.69) is 5.32 Å². The molecule has 1 amide bonds. The van der Waals surface area contributed by atoms with E-state index in [4.69, 9.17) is 4.74 Å². The number of ether oxygens (including phenoxy) is 1. The third kappa shape index (κ3) is 6.45. The van der Waals surface area contributed by atoms with Crippen molar-refractivity contribution in [2.24, 2.45) is 0 Å². The fourth-order valence-electron chi connectivity index (χ4n) is 3.21. The minimum atomic E-state index is -3.86. The fraction of sp³-hybridized carbons (Fsp3) is 0.409. The highest BCUT2D eigenvalue weighted by Gasteiger charge is 2.32. The number of hydrogen-bond acceptors (Lipinski definition) is 4. The normalized spacial score (nSPS) is 12.3. The summed E-state index contributed by atoms with van der Waals surface area (Å²) >= 11 is 0. The van der Waals surface area contributed by atoms with Gasteiger partial charge in [-0.15, -0.1) is 0 Å². The van der Waals surface area contributed by atoms with Gasteiger partial charge in [-0.1, -0.05) is 31.2 Å². The highest BCUT2D eigenvalue weighted by molar-refractivity contribution is 7.92. The number of amides is 1. The van der Waals surface area contributed by atoms with E-state index in [1.54, 1.807) is 6.92 Å². The van der Waals surface area contributed by atoms with Crippen LogP contribution in [0.4, 0.5) is 10.1 Å². The Bertz CT molecular complexity index is 932. The third-order valence-electron chi connectivity index (χ3n) is 4.60. The summed E-state index contributed by atoms with van der Waals surface area (Å²) in [5, 5.41) is 2.79. The number of halogens is 1. The molecule has 0 spiro atoms. The Hall–Kier alpha value is -2.61. The molecule has 0 unspecified atom stereocenters. The highest BCUT2D eigenvalue weighted by Crippen LogP contribution is 2.25. The maximum Gasteiger partial charge on any atom is 0.243 e. The van der Waals surface area contributed by atoms with Crippen LogP contribution in [0.3, 0.4) is 0 Å². The summed E-state index contributed by atoms with van der Waals surface area (Å²) in [7, 11) is -3.86. The first-order valence-corrected chi connectivity index (χ1v) is 11.9. The summed E-state index contributed by atoms with van der Waals surface area (Å²) in [4.78, 5) is 12.7. The van der Waals surface area contributed by atoms with Gasteiger partial charge < -0.3 is 10.1 Å². The molecule has 1 atom stereocenters. The maximum atomic E-state index is 14.3. The molecule has 0 saturated heterocycles. The van der Waals surface area contributed by atoms with Crippen LogP contribution >= 0.6 is 0 Å². The molecular weight excluding hydrogens is 407 g/mol. The zero-order valence-corrected chi connectivity index (χ0v) is 18.4. The molecular formula is C22H29FN2O4S. The second kappa shape index (κ2) is 11.0. The second-order valence-electron chi connectivity index (χ2n) is 6.91. The minimum Gasteiger partial charge on any atom is -0.494 e. The van der Waals surface area contributed by atoms with Crippen LogP contribution in [0.1, 0.15) is 32.3 Å². The molecule has 0 fully saturated rings. The number of carbonyl (C=O) groups is 1. The van der Waals surface area contributed by atoms with Gasteiger partial charge in [0.05, 0.1) is 18.6 Å². The third-order valence-corrected chi connectivity index (χ3v) is 5.76. The van der Waals surface area contributed by atoms with Crippen LogP contribution in [0.15, 0.2) is 48.5 Å². The molecule has 0 aliphatic carbocycles. The van der Waals surface area contributed by atoms with Crippen molar-refractivity contribution in [3.8, 4) is 5.75 Å². The zero-order valence-electron chi connectivity index (χ0n) is 17.6. The molecule has 0 aromatic heterocycles. The second-order valence-corrected chi connectivity index (χ2v) is 8.77. The van der Waals surface area contributed by atoms with E-state index in [0.29, 0.717) is 19.6 Å². The molecule has 0 saturated carbocycles. The molecule has 164 valence electrons. The van der Waals surface area contributed by atoms with Crippen molar-refractivity contribution in [2.75, 3.05) is 23.7 Å². The van der Waals surface area contributed by atoms with Gasteiger partial charge in [0.2, 0.25) is 15.9 Å². The molecule has 0 aliphatic rings. The molecule has 2 aromatic rings. The Balaban J connectivity index is 1.99. The van der Waals surface area contributed by atoms with E-state index < -0.39 is 27.8 Å². The monoisotopic (exact) mass is 436 g/mol. The van der Waals surface area contributed by atoms with Crippen LogP contribution in [0.25, 0.3) is 0 Å². The summed E-state index contributed by atoms with van der Waals surface area (Å²) in [6.45, 7) is 4.62.